The number of aromatic nitrogens is 1. The van der Waals surface area contributed by atoms with Crippen LogP contribution in [0.5, 0.6) is 5.75 Å². The van der Waals surface area contributed by atoms with Crippen LogP contribution in [0.3, 0.4) is 0 Å². The van der Waals surface area contributed by atoms with Gasteiger partial charge in [0.25, 0.3) is 11.5 Å². The summed E-state index contributed by atoms with van der Waals surface area (Å²) >= 11 is 0. The number of nitrogens with zero attached hydrogens (tertiary/aromatic N) is 2. The molecule has 0 fully saturated rings. The number of methoxy groups -OCH3 is 1. The lowest BCUT2D eigenvalue weighted by Gasteiger charge is -2.19. The molecule has 7 nitrogen and oxygen atoms in total. The minimum atomic E-state index is -0.285. The summed E-state index contributed by atoms with van der Waals surface area (Å²) in [6, 6.07) is 4.73. The van der Waals surface area contributed by atoms with E-state index in [1.54, 1.807) is 16.9 Å². The van der Waals surface area contributed by atoms with Gasteiger partial charge in [-0.3, -0.25) is 9.59 Å². The monoisotopic (exact) mass is 373 g/mol. The largest absolute Gasteiger partial charge is 0.496 e. The SMILES string of the molecule is CCCN1CCc2c(C(=O)NC(C)c3ccco3)c(OC)cc(=O)n2CC1. The highest BCUT2D eigenvalue weighted by molar-refractivity contribution is 5.98. The number of hydrogen-bond acceptors (Lipinski definition) is 5. The van der Waals surface area contributed by atoms with Crippen molar-refractivity contribution in [3.63, 3.8) is 0 Å². The van der Waals surface area contributed by atoms with Crippen LogP contribution >= 0.6 is 0 Å². The van der Waals surface area contributed by atoms with E-state index in [0.717, 1.165) is 31.7 Å². The molecule has 0 aliphatic carbocycles. The molecule has 3 rings (SSSR count). The Kier molecular flexibility index (Phi) is 6.01. The van der Waals surface area contributed by atoms with E-state index in [1.807, 2.05) is 13.0 Å². The molecular weight excluding hydrogens is 346 g/mol. The van der Waals surface area contributed by atoms with Crippen molar-refractivity contribution in [3.05, 3.63) is 51.8 Å². The molecule has 146 valence electrons. The summed E-state index contributed by atoms with van der Waals surface area (Å²) in [4.78, 5) is 28.0. The van der Waals surface area contributed by atoms with Gasteiger partial charge in [0.15, 0.2) is 0 Å². The average molecular weight is 373 g/mol. The summed E-state index contributed by atoms with van der Waals surface area (Å²) in [5.41, 5.74) is 1.05. The van der Waals surface area contributed by atoms with Gasteiger partial charge in [0.1, 0.15) is 17.1 Å². The second kappa shape index (κ2) is 8.43. The molecule has 7 heteroatoms. The molecule has 2 aromatic rings. The number of carbonyl (C=O) groups is 1. The van der Waals surface area contributed by atoms with Crippen LogP contribution in [0.25, 0.3) is 0 Å². The molecular formula is C20H27N3O4. The molecule has 27 heavy (non-hydrogen) atoms. The molecule has 1 N–H and O–H groups in total. The maximum absolute atomic E-state index is 13.1. The van der Waals surface area contributed by atoms with Gasteiger partial charge in [-0.1, -0.05) is 6.92 Å². The summed E-state index contributed by atoms with van der Waals surface area (Å²) in [7, 11) is 1.48. The van der Waals surface area contributed by atoms with Gasteiger partial charge in [-0.05, 0) is 32.0 Å². The Labute approximate surface area is 158 Å². The van der Waals surface area contributed by atoms with E-state index in [1.165, 1.54) is 13.2 Å². The van der Waals surface area contributed by atoms with Gasteiger partial charge in [-0.25, -0.2) is 0 Å². The standard InChI is InChI=1S/C20H27N3O4/c1-4-8-22-9-7-15-19(17(26-3)13-18(24)23(15)11-10-22)20(25)21-14(2)16-6-5-12-27-16/h5-6,12-14H,4,7-11H2,1-3H3,(H,21,25). The number of amides is 1. The zero-order chi connectivity index (χ0) is 19.4. The van der Waals surface area contributed by atoms with Crippen molar-refractivity contribution in [2.24, 2.45) is 0 Å². The maximum Gasteiger partial charge on any atom is 0.257 e. The Bertz CT molecular complexity index is 842. The fraction of sp³-hybridized carbons (Fsp3) is 0.500. The normalized spacial score (nSPS) is 15.7. The van der Waals surface area contributed by atoms with E-state index in [4.69, 9.17) is 9.15 Å². The van der Waals surface area contributed by atoms with Crippen molar-refractivity contribution in [1.29, 1.82) is 0 Å². The third kappa shape index (κ3) is 4.08. The number of ether oxygens (including phenoxy) is 1. The van der Waals surface area contributed by atoms with Gasteiger partial charge < -0.3 is 23.9 Å². The van der Waals surface area contributed by atoms with Crippen molar-refractivity contribution in [2.75, 3.05) is 26.7 Å². The first-order valence-electron chi connectivity index (χ1n) is 9.42. The Hall–Kier alpha value is -2.54. The van der Waals surface area contributed by atoms with E-state index in [2.05, 4.69) is 17.1 Å². The van der Waals surface area contributed by atoms with E-state index in [9.17, 15) is 9.59 Å². The molecule has 1 atom stereocenters. The molecule has 0 aromatic carbocycles. The Morgan fingerprint density at radius 2 is 2.19 bits per heavy atom. The van der Waals surface area contributed by atoms with Gasteiger partial charge in [0.2, 0.25) is 0 Å². The first kappa shape index (κ1) is 19.2. The van der Waals surface area contributed by atoms with Crippen molar-refractivity contribution in [1.82, 2.24) is 14.8 Å². The lowest BCUT2D eigenvalue weighted by Crippen LogP contribution is -2.32. The van der Waals surface area contributed by atoms with E-state index in [-0.39, 0.29) is 17.5 Å². The predicted octanol–water partition coefficient (Wildman–Crippen LogP) is 2.21. The molecule has 1 aliphatic rings. The van der Waals surface area contributed by atoms with Crippen LogP contribution in [0.2, 0.25) is 0 Å². The summed E-state index contributed by atoms with van der Waals surface area (Å²) in [5, 5.41) is 2.96. The highest BCUT2D eigenvalue weighted by Crippen LogP contribution is 2.24. The van der Waals surface area contributed by atoms with E-state index in [0.29, 0.717) is 30.0 Å². The first-order chi connectivity index (χ1) is 13.0. The van der Waals surface area contributed by atoms with Crippen LogP contribution in [0, 0.1) is 0 Å². The number of pyridine rings is 1. The minimum absolute atomic E-state index is 0.129. The van der Waals surface area contributed by atoms with E-state index < -0.39 is 0 Å². The Morgan fingerprint density at radius 1 is 1.37 bits per heavy atom. The minimum Gasteiger partial charge on any atom is -0.496 e. The quantitative estimate of drug-likeness (QED) is 0.840. The van der Waals surface area contributed by atoms with Crippen molar-refractivity contribution >= 4 is 5.91 Å². The number of hydrogen-bond donors (Lipinski definition) is 1. The van der Waals surface area contributed by atoms with Gasteiger partial charge >= 0.3 is 0 Å². The fourth-order valence-electron chi connectivity index (χ4n) is 3.62. The molecule has 3 heterocycles. The van der Waals surface area contributed by atoms with Gasteiger partial charge in [-0.15, -0.1) is 0 Å². The summed E-state index contributed by atoms with van der Waals surface area (Å²) in [6.45, 7) is 7.18. The van der Waals surface area contributed by atoms with Crippen LogP contribution in [-0.4, -0.2) is 42.1 Å². The number of nitrogens with one attached hydrogen (secondary N) is 1. The molecule has 1 unspecified atom stereocenters. The van der Waals surface area contributed by atoms with Crippen molar-refractivity contribution < 1.29 is 13.9 Å². The average Bonchev–Trinajstić information content (AvgIpc) is 3.11. The third-order valence-electron chi connectivity index (χ3n) is 4.99. The highest BCUT2D eigenvalue weighted by atomic mass is 16.5. The van der Waals surface area contributed by atoms with Crippen LogP contribution in [-0.2, 0) is 13.0 Å². The highest BCUT2D eigenvalue weighted by Gasteiger charge is 2.26. The number of rotatable bonds is 6. The second-order valence-electron chi connectivity index (χ2n) is 6.83. The summed E-state index contributed by atoms with van der Waals surface area (Å²) in [6.07, 6.45) is 3.27. The third-order valence-corrected chi connectivity index (χ3v) is 4.99. The maximum atomic E-state index is 13.1. The Morgan fingerprint density at radius 3 is 2.85 bits per heavy atom. The molecule has 0 radical (unpaired) electrons. The smallest absolute Gasteiger partial charge is 0.257 e. The molecule has 2 aromatic heterocycles. The number of furan rings is 1. The molecule has 0 saturated carbocycles. The molecule has 1 amide bonds. The molecule has 0 spiro atoms. The summed E-state index contributed by atoms with van der Waals surface area (Å²) < 4.78 is 12.5. The van der Waals surface area contributed by atoms with Gasteiger partial charge in [0, 0.05) is 37.8 Å². The van der Waals surface area contributed by atoms with Crippen LogP contribution < -0.4 is 15.6 Å². The lowest BCUT2D eigenvalue weighted by molar-refractivity contribution is 0.0930. The van der Waals surface area contributed by atoms with Crippen molar-refractivity contribution in [3.8, 4) is 5.75 Å². The zero-order valence-electron chi connectivity index (χ0n) is 16.2. The first-order valence-corrected chi connectivity index (χ1v) is 9.42. The summed E-state index contributed by atoms with van der Waals surface area (Å²) in [5.74, 6) is 0.735. The Balaban J connectivity index is 1.94. The van der Waals surface area contributed by atoms with E-state index >= 15 is 0 Å². The number of carbonyl (C=O) groups excluding carboxylic acids is 1. The molecule has 0 bridgehead atoms. The zero-order valence-corrected chi connectivity index (χ0v) is 16.2. The van der Waals surface area contributed by atoms with Crippen LogP contribution in [0.1, 0.15) is 48.1 Å². The topological polar surface area (TPSA) is 76.7 Å². The van der Waals surface area contributed by atoms with Crippen LogP contribution in [0.15, 0.2) is 33.7 Å². The predicted molar refractivity (Wildman–Crippen MR) is 102 cm³/mol. The van der Waals surface area contributed by atoms with Crippen LogP contribution in [0.4, 0.5) is 0 Å². The molecule has 0 saturated heterocycles. The van der Waals surface area contributed by atoms with Gasteiger partial charge in [-0.2, -0.15) is 0 Å². The fourth-order valence-corrected chi connectivity index (χ4v) is 3.62. The number of fused-ring (bicyclic) bond motifs is 1. The van der Waals surface area contributed by atoms with Gasteiger partial charge in [0.05, 0.1) is 19.4 Å². The van der Waals surface area contributed by atoms with Crippen molar-refractivity contribution in [2.45, 2.75) is 39.3 Å². The molecule has 1 aliphatic heterocycles. The lowest BCUT2D eigenvalue weighted by atomic mass is 10.1. The second-order valence-corrected chi connectivity index (χ2v) is 6.83.